The Kier molecular flexibility index (Phi) is 5.17. The molecule has 0 amide bonds. The minimum Gasteiger partial charge on any atom is -0.392 e. The number of aliphatic hydroxyl groups excluding tert-OH is 1. The van der Waals surface area contributed by atoms with Crippen molar-refractivity contribution < 1.29 is 5.11 Å². The fourth-order valence-corrected chi connectivity index (χ4v) is 3.63. The van der Waals surface area contributed by atoms with E-state index in [1.165, 1.54) is 19.3 Å². The van der Waals surface area contributed by atoms with Crippen LogP contribution < -0.4 is 10.2 Å². The van der Waals surface area contributed by atoms with Crippen molar-refractivity contribution in [3.05, 3.63) is 18.1 Å². The van der Waals surface area contributed by atoms with Crippen LogP contribution in [0.2, 0.25) is 0 Å². The molecule has 1 aromatic rings. The van der Waals surface area contributed by atoms with Crippen LogP contribution in [0.3, 0.4) is 0 Å². The van der Waals surface area contributed by atoms with Crippen LogP contribution in [0.25, 0.3) is 0 Å². The number of rotatable bonds is 5. The molecule has 2 fully saturated rings. The first-order valence-electron chi connectivity index (χ1n) is 9.03. The number of nitrogens with zero attached hydrogens (tertiary/aromatic N) is 3. The van der Waals surface area contributed by atoms with Crippen LogP contribution in [-0.4, -0.2) is 40.3 Å². The lowest BCUT2D eigenvalue weighted by atomic mass is 9.89. The van der Waals surface area contributed by atoms with Gasteiger partial charge in [0.2, 0.25) is 0 Å². The molecule has 1 aromatic heterocycles. The van der Waals surface area contributed by atoms with Gasteiger partial charge in [-0.05, 0) is 44.4 Å². The van der Waals surface area contributed by atoms with Crippen molar-refractivity contribution in [1.29, 1.82) is 0 Å². The van der Waals surface area contributed by atoms with Gasteiger partial charge in [0.05, 0.1) is 30.2 Å². The SMILES string of the molecule is CC(C)CC1NC(c2cncc(N(C)C3CCC3)n2)CCC1O. The largest absolute Gasteiger partial charge is 0.392 e. The molecule has 2 N–H and O–H groups in total. The molecule has 0 aromatic carbocycles. The van der Waals surface area contributed by atoms with Crippen molar-refractivity contribution >= 4 is 5.82 Å². The van der Waals surface area contributed by atoms with E-state index in [-0.39, 0.29) is 18.2 Å². The summed E-state index contributed by atoms with van der Waals surface area (Å²) in [5.74, 6) is 1.54. The van der Waals surface area contributed by atoms with Crippen molar-refractivity contribution in [2.75, 3.05) is 11.9 Å². The highest BCUT2D eigenvalue weighted by molar-refractivity contribution is 5.37. The molecule has 5 nitrogen and oxygen atoms in total. The van der Waals surface area contributed by atoms with Crippen LogP contribution in [0, 0.1) is 5.92 Å². The summed E-state index contributed by atoms with van der Waals surface area (Å²) in [7, 11) is 2.12. The number of aliphatic hydroxyl groups is 1. The van der Waals surface area contributed by atoms with Crippen LogP contribution in [0.4, 0.5) is 5.82 Å². The zero-order chi connectivity index (χ0) is 16.4. The van der Waals surface area contributed by atoms with Crippen molar-refractivity contribution in [2.45, 2.75) is 76.6 Å². The fourth-order valence-electron chi connectivity index (χ4n) is 3.63. The van der Waals surface area contributed by atoms with Crippen molar-refractivity contribution in [3.8, 4) is 0 Å². The van der Waals surface area contributed by atoms with E-state index in [2.05, 4.69) is 36.1 Å². The van der Waals surface area contributed by atoms with E-state index in [0.29, 0.717) is 12.0 Å². The minimum atomic E-state index is -0.248. The molecular weight excluding hydrogens is 288 g/mol. The Balaban J connectivity index is 1.70. The summed E-state index contributed by atoms with van der Waals surface area (Å²) in [6.45, 7) is 4.40. The van der Waals surface area contributed by atoms with E-state index in [1.54, 1.807) is 0 Å². The lowest BCUT2D eigenvalue weighted by Crippen LogP contribution is -2.47. The maximum absolute atomic E-state index is 10.2. The normalized spacial score (nSPS) is 28.7. The van der Waals surface area contributed by atoms with Gasteiger partial charge in [0.1, 0.15) is 5.82 Å². The molecule has 3 atom stereocenters. The number of hydrogen-bond acceptors (Lipinski definition) is 5. The molecule has 2 heterocycles. The molecule has 2 aliphatic rings. The molecule has 1 aliphatic carbocycles. The molecule has 1 aliphatic heterocycles. The molecule has 3 rings (SSSR count). The summed E-state index contributed by atoms with van der Waals surface area (Å²) in [5.41, 5.74) is 1.01. The van der Waals surface area contributed by atoms with Gasteiger partial charge in [0, 0.05) is 19.1 Å². The van der Waals surface area contributed by atoms with E-state index in [0.717, 1.165) is 30.8 Å². The molecule has 0 spiro atoms. The maximum Gasteiger partial charge on any atom is 0.147 e. The summed E-state index contributed by atoms with van der Waals surface area (Å²) in [6.07, 6.45) is 10.1. The Labute approximate surface area is 139 Å². The van der Waals surface area contributed by atoms with Gasteiger partial charge < -0.3 is 15.3 Å². The first kappa shape index (κ1) is 16.7. The Morgan fingerprint density at radius 1 is 1.26 bits per heavy atom. The molecule has 23 heavy (non-hydrogen) atoms. The van der Waals surface area contributed by atoms with E-state index in [9.17, 15) is 5.11 Å². The standard InChI is InChI=1S/C18H30N4O/c1-12(2)9-15-17(23)8-7-14(20-15)16-10-19-11-18(21-16)22(3)13-5-4-6-13/h10-15,17,20,23H,4-9H2,1-3H3. The summed E-state index contributed by atoms with van der Waals surface area (Å²) >= 11 is 0. The predicted octanol–water partition coefficient (Wildman–Crippen LogP) is 2.67. The van der Waals surface area contributed by atoms with Crippen LogP contribution in [0.1, 0.15) is 64.1 Å². The third-order valence-electron chi connectivity index (χ3n) is 5.34. The van der Waals surface area contributed by atoms with Gasteiger partial charge in [-0.2, -0.15) is 0 Å². The fraction of sp³-hybridized carbons (Fsp3) is 0.778. The Morgan fingerprint density at radius 2 is 2.04 bits per heavy atom. The van der Waals surface area contributed by atoms with Crippen LogP contribution >= 0.6 is 0 Å². The van der Waals surface area contributed by atoms with Crippen molar-refractivity contribution in [2.24, 2.45) is 5.92 Å². The Hall–Kier alpha value is -1.20. The van der Waals surface area contributed by atoms with E-state index in [4.69, 9.17) is 4.98 Å². The van der Waals surface area contributed by atoms with E-state index >= 15 is 0 Å². The van der Waals surface area contributed by atoms with Crippen LogP contribution in [0.15, 0.2) is 12.4 Å². The zero-order valence-electron chi connectivity index (χ0n) is 14.6. The second-order valence-corrected chi connectivity index (χ2v) is 7.60. The lowest BCUT2D eigenvalue weighted by molar-refractivity contribution is 0.0690. The number of piperidine rings is 1. The van der Waals surface area contributed by atoms with Gasteiger partial charge in [-0.15, -0.1) is 0 Å². The third-order valence-corrected chi connectivity index (χ3v) is 5.34. The minimum absolute atomic E-state index is 0.156. The maximum atomic E-state index is 10.2. The van der Waals surface area contributed by atoms with Gasteiger partial charge in [-0.1, -0.05) is 13.8 Å². The highest BCUT2D eigenvalue weighted by Crippen LogP contribution is 2.30. The summed E-state index contributed by atoms with van der Waals surface area (Å²) in [4.78, 5) is 11.5. The van der Waals surface area contributed by atoms with E-state index in [1.807, 2.05) is 12.4 Å². The first-order valence-corrected chi connectivity index (χ1v) is 9.03. The summed E-state index contributed by atoms with van der Waals surface area (Å²) in [6, 6.07) is 0.974. The third kappa shape index (κ3) is 3.83. The smallest absolute Gasteiger partial charge is 0.147 e. The van der Waals surface area contributed by atoms with Crippen molar-refractivity contribution in [1.82, 2.24) is 15.3 Å². The van der Waals surface area contributed by atoms with Crippen molar-refractivity contribution in [3.63, 3.8) is 0 Å². The molecule has 0 radical (unpaired) electrons. The second-order valence-electron chi connectivity index (χ2n) is 7.60. The number of aromatic nitrogens is 2. The van der Waals surface area contributed by atoms with Gasteiger partial charge in [-0.25, -0.2) is 4.98 Å². The molecule has 5 heteroatoms. The van der Waals surface area contributed by atoms with Crippen LogP contribution in [-0.2, 0) is 0 Å². The number of nitrogens with one attached hydrogen (secondary N) is 1. The van der Waals surface area contributed by atoms with Gasteiger partial charge in [0.15, 0.2) is 0 Å². The van der Waals surface area contributed by atoms with Gasteiger partial charge >= 0.3 is 0 Å². The average molecular weight is 318 g/mol. The second kappa shape index (κ2) is 7.14. The zero-order valence-corrected chi connectivity index (χ0v) is 14.6. The highest BCUT2D eigenvalue weighted by atomic mass is 16.3. The van der Waals surface area contributed by atoms with Crippen LogP contribution in [0.5, 0.6) is 0 Å². The summed E-state index contributed by atoms with van der Waals surface area (Å²) in [5, 5.41) is 13.8. The molecule has 3 unspecified atom stereocenters. The summed E-state index contributed by atoms with van der Waals surface area (Å²) < 4.78 is 0. The molecular formula is C18H30N4O. The Bertz CT molecular complexity index is 517. The highest BCUT2D eigenvalue weighted by Gasteiger charge is 2.31. The molecule has 1 saturated heterocycles. The lowest BCUT2D eigenvalue weighted by Gasteiger charge is -2.37. The van der Waals surface area contributed by atoms with Gasteiger partial charge in [0.25, 0.3) is 0 Å². The topological polar surface area (TPSA) is 61.3 Å². The molecule has 1 saturated carbocycles. The quantitative estimate of drug-likeness (QED) is 0.874. The monoisotopic (exact) mass is 318 g/mol. The predicted molar refractivity (Wildman–Crippen MR) is 92.4 cm³/mol. The molecule has 128 valence electrons. The molecule has 0 bridgehead atoms. The number of hydrogen-bond donors (Lipinski definition) is 2. The van der Waals surface area contributed by atoms with Gasteiger partial charge in [-0.3, -0.25) is 4.98 Å². The number of anilines is 1. The van der Waals surface area contributed by atoms with E-state index < -0.39 is 0 Å². The first-order chi connectivity index (χ1) is 11.0. The average Bonchev–Trinajstić information content (AvgIpc) is 2.47. The Morgan fingerprint density at radius 3 is 2.70 bits per heavy atom.